The largest absolute Gasteiger partial charge is 0.383 e. The lowest BCUT2D eigenvalue weighted by molar-refractivity contribution is 0.0384. The van der Waals surface area contributed by atoms with Gasteiger partial charge in [0.2, 0.25) is 0 Å². The second-order valence-electron chi connectivity index (χ2n) is 6.16. The Morgan fingerprint density at radius 1 is 1.44 bits per heavy atom. The summed E-state index contributed by atoms with van der Waals surface area (Å²) >= 11 is 0. The molecule has 2 aliphatic rings. The standard InChI is InChI=1S/C14H29N3O/c1-12(2)17(8-9-18-3)14(10-15)6-7-16(11-14)13-4-5-13/h12-13H,4-11,15H2,1-3H3. The van der Waals surface area contributed by atoms with E-state index in [1.54, 1.807) is 7.11 Å². The molecule has 2 rings (SSSR count). The van der Waals surface area contributed by atoms with Gasteiger partial charge in [0.1, 0.15) is 0 Å². The Kier molecular flexibility index (Phi) is 4.64. The number of likely N-dealkylation sites (tertiary alicyclic amines) is 1. The fourth-order valence-electron chi connectivity index (χ4n) is 3.39. The zero-order chi connectivity index (χ0) is 13.2. The van der Waals surface area contributed by atoms with Crippen LogP contribution in [-0.2, 0) is 4.74 Å². The van der Waals surface area contributed by atoms with Crippen LogP contribution in [0, 0.1) is 0 Å². The lowest BCUT2D eigenvalue weighted by Gasteiger charge is -2.43. The topological polar surface area (TPSA) is 41.7 Å². The minimum atomic E-state index is 0.176. The normalized spacial score (nSPS) is 29.7. The molecule has 4 nitrogen and oxygen atoms in total. The van der Waals surface area contributed by atoms with E-state index in [9.17, 15) is 0 Å². The SMILES string of the molecule is COCCN(C(C)C)C1(CN)CCN(C2CC2)C1. The number of ether oxygens (including phenoxy) is 1. The third kappa shape index (κ3) is 2.87. The van der Waals surface area contributed by atoms with E-state index >= 15 is 0 Å². The highest BCUT2D eigenvalue weighted by Crippen LogP contribution is 2.36. The van der Waals surface area contributed by atoms with Crippen LogP contribution >= 0.6 is 0 Å². The van der Waals surface area contributed by atoms with Crippen molar-refractivity contribution in [1.82, 2.24) is 9.80 Å². The first-order chi connectivity index (χ1) is 8.63. The molecule has 1 saturated heterocycles. The van der Waals surface area contributed by atoms with Crippen molar-refractivity contribution >= 4 is 0 Å². The molecule has 1 heterocycles. The summed E-state index contributed by atoms with van der Waals surface area (Å²) in [4.78, 5) is 5.22. The maximum absolute atomic E-state index is 6.15. The summed E-state index contributed by atoms with van der Waals surface area (Å²) in [6.07, 6.45) is 3.99. The smallest absolute Gasteiger partial charge is 0.0590 e. The van der Waals surface area contributed by atoms with Crippen molar-refractivity contribution in [1.29, 1.82) is 0 Å². The van der Waals surface area contributed by atoms with E-state index in [0.717, 1.165) is 32.3 Å². The molecule has 1 saturated carbocycles. The first-order valence-corrected chi connectivity index (χ1v) is 7.33. The van der Waals surface area contributed by atoms with E-state index < -0.39 is 0 Å². The molecule has 0 radical (unpaired) electrons. The van der Waals surface area contributed by atoms with Gasteiger partial charge in [-0.3, -0.25) is 9.80 Å². The highest BCUT2D eigenvalue weighted by molar-refractivity contribution is 5.04. The molecule has 1 unspecified atom stereocenters. The molecule has 4 heteroatoms. The van der Waals surface area contributed by atoms with Crippen LogP contribution in [0.25, 0.3) is 0 Å². The Labute approximate surface area is 111 Å². The third-order valence-corrected chi connectivity index (χ3v) is 4.57. The lowest BCUT2D eigenvalue weighted by atomic mass is 9.94. The Bertz CT molecular complexity index is 268. The van der Waals surface area contributed by atoms with Gasteiger partial charge in [0, 0.05) is 50.9 Å². The highest BCUT2D eigenvalue weighted by atomic mass is 16.5. The van der Waals surface area contributed by atoms with Gasteiger partial charge in [0.25, 0.3) is 0 Å². The van der Waals surface area contributed by atoms with Crippen LogP contribution in [0.15, 0.2) is 0 Å². The van der Waals surface area contributed by atoms with E-state index in [2.05, 4.69) is 23.6 Å². The van der Waals surface area contributed by atoms with E-state index in [-0.39, 0.29) is 5.54 Å². The minimum Gasteiger partial charge on any atom is -0.383 e. The van der Waals surface area contributed by atoms with Crippen LogP contribution in [0.3, 0.4) is 0 Å². The van der Waals surface area contributed by atoms with Crippen molar-refractivity contribution < 1.29 is 4.74 Å². The Morgan fingerprint density at radius 2 is 2.17 bits per heavy atom. The predicted molar refractivity (Wildman–Crippen MR) is 74.7 cm³/mol. The molecule has 1 aliphatic heterocycles. The van der Waals surface area contributed by atoms with Gasteiger partial charge < -0.3 is 10.5 Å². The number of methoxy groups -OCH3 is 1. The number of hydrogen-bond donors (Lipinski definition) is 1. The van der Waals surface area contributed by atoms with Crippen molar-refractivity contribution in [3.63, 3.8) is 0 Å². The van der Waals surface area contributed by atoms with Gasteiger partial charge in [-0.25, -0.2) is 0 Å². The summed E-state index contributed by atoms with van der Waals surface area (Å²) in [5.41, 5.74) is 6.33. The monoisotopic (exact) mass is 255 g/mol. The molecule has 1 aliphatic carbocycles. The van der Waals surface area contributed by atoms with Crippen LogP contribution < -0.4 is 5.73 Å². The highest BCUT2D eigenvalue weighted by Gasteiger charge is 2.46. The zero-order valence-electron chi connectivity index (χ0n) is 12.2. The molecule has 0 aromatic heterocycles. The molecule has 0 aromatic rings. The minimum absolute atomic E-state index is 0.176. The van der Waals surface area contributed by atoms with E-state index in [4.69, 9.17) is 10.5 Å². The second kappa shape index (κ2) is 5.87. The summed E-state index contributed by atoms with van der Waals surface area (Å²) in [5, 5.41) is 0. The molecular formula is C14H29N3O. The Hall–Kier alpha value is -0.160. The quantitative estimate of drug-likeness (QED) is 0.734. The molecule has 2 fully saturated rings. The summed E-state index contributed by atoms with van der Waals surface area (Å²) < 4.78 is 5.26. The molecule has 106 valence electrons. The Balaban J connectivity index is 2.03. The first-order valence-electron chi connectivity index (χ1n) is 7.33. The van der Waals surface area contributed by atoms with Crippen LogP contribution in [0.4, 0.5) is 0 Å². The molecule has 0 amide bonds. The molecule has 2 N–H and O–H groups in total. The maximum Gasteiger partial charge on any atom is 0.0590 e. The van der Waals surface area contributed by atoms with Crippen LogP contribution in [0.1, 0.15) is 33.1 Å². The van der Waals surface area contributed by atoms with Crippen LogP contribution in [0.5, 0.6) is 0 Å². The average molecular weight is 255 g/mol. The molecular weight excluding hydrogens is 226 g/mol. The van der Waals surface area contributed by atoms with Crippen molar-refractivity contribution in [2.75, 3.05) is 39.9 Å². The fraction of sp³-hybridized carbons (Fsp3) is 1.00. The van der Waals surface area contributed by atoms with Gasteiger partial charge in [-0.2, -0.15) is 0 Å². The zero-order valence-corrected chi connectivity index (χ0v) is 12.2. The van der Waals surface area contributed by atoms with Crippen molar-refractivity contribution in [2.45, 2.75) is 50.7 Å². The summed E-state index contributed by atoms with van der Waals surface area (Å²) in [6, 6.07) is 1.39. The molecule has 0 spiro atoms. The number of hydrogen-bond acceptors (Lipinski definition) is 4. The van der Waals surface area contributed by atoms with E-state index in [0.29, 0.717) is 6.04 Å². The number of nitrogens with two attached hydrogens (primary N) is 1. The van der Waals surface area contributed by atoms with E-state index in [1.807, 2.05) is 0 Å². The average Bonchev–Trinajstić information content (AvgIpc) is 3.11. The molecule has 18 heavy (non-hydrogen) atoms. The van der Waals surface area contributed by atoms with Crippen molar-refractivity contribution in [3.8, 4) is 0 Å². The summed E-state index contributed by atoms with van der Waals surface area (Å²) in [5.74, 6) is 0. The van der Waals surface area contributed by atoms with E-state index in [1.165, 1.54) is 25.8 Å². The second-order valence-corrected chi connectivity index (χ2v) is 6.16. The summed E-state index contributed by atoms with van der Waals surface area (Å²) in [7, 11) is 1.78. The van der Waals surface area contributed by atoms with Gasteiger partial charge in [0.15, 0.2) is 0 Å². The number of nitrogens with zero attached hydrogens (tertiary/aromatic N) is 2. The predicted octanol–water partition coefficient (Wildman–Crippen LogP) is 0.909. The van der Waals surface area contributed by atoms with Crippen LogP contribution in [0.2, 0.25) is 0 Å². The van der Waals surface area contributed by atoms with Gasteiger partial charge in [-0.1, -0.05) is 0 Å². The van der Waals surface area contributed by atoms with Gasteiger partial charge in [-0.05, 0) is 33.1 Å². The summed E-state index contributed by atoms with van der Waals surface area (Å²) in [6.45, 7) is 9.46. The first kappa shape index (κ1) is 14.3. The van der Waals surface area contributed by atoms with Crippen LogP contribution in [-0.4, -0.2) is 67.3 Å². The Morgan fingerprint density at radius 3 is 2.67 bits per heavy atom. The lowest BCUT2D eigenvalue weighted by Crippen LogP contribution is -2.59. The fourth-order valence-corrected chi connectivity index (χ4v) is 3.39. The molecule has 0 aromatic carbocycles. The van der Waals surface area contributed by atoms with Gasteiger partial charge in [-0.15, -0.1) is 0 Å². The number of rotatable bonds is 7. The molecule has 1 atom stereocenters. The van der Waals surface area contributed by atoms with Gasteiger partial charge in [0.05, 0.1) is 6.61 Å². The molecule has 0 bridgehead atoms. The van der Waals surface area contributed by atoms with Gasteiger partial charge >= 0.3 is 0 Å². The van der Waals surface area contributed by atoms with Crippen molar-refractivity contribution in [2.24, 2.45) is 5.73 Å². The third-order valence-electron chi connectivity index (χ3n) is 4.57. The van der Waals surface area contributed by atoms with Crippen molar-refractivity contribution in [3.05, 3.63) is 0 Å². The maximum atomic E-state index is 6.15.